The number of nitrogens with zero attached hydrogens (tertiary/aromatic N) is 4. The number of hydrogen-bond donors (Lipinski definition) is 1. The summed E-state index contributed by atoms with van der Waals surface area (Å²) in [7, 11) is 0. The minimum atomic E-state index is 0.315. The highest BCUT2D eigenvalue weighted by Crippen LogP contribution is 1.99. The van der Waals surface area contributed by atoms with Gasteiger partial charge in [-0.1, -0.05) is 0 Å². The van der Waals surface area contributed by atoms with E-state index in [4.69, 9.17) is 4.74 Å². The van der Waals surface area contributed by atoms with Gasteiger partial charge in [0.2, 0.25) is 0 Å². The molecule has 0 aliphatic carbocycles. The first-order valence-electron chi connectivity index (χ1n) is 8.92. The van der Waals surface area contributed by atoms with Crippen molar-refractivity contribution in [2.75, 3.05) is 13.2 Å². The highest BCUT2D eigenvalue weighted by molar-refractivity contribution is 4.80. The molecule has 0 saturated heterocycles. The highest BCUT2D eigenvalue weighted by atomic mass is 16.5. The number of imidazole rings is 2. The van der Waals surface area contributed by atoms with Crippen LogP contribution in [0.4, 0.5) is 0 Å². The molecule has 0 saturated carbocycles. The molecule has 2 aromatic rings. The van der Waals surface area contributed by atoms with E-state index in [2.05, 4.69) is 64.1 Å². The Balaban J connectivity index is 1.71. The van der Waals surface area contributed by atoms with Crippen LogP contribution in [-0.2, 0) is 24.4 Å². The summed E-state index contributed by atoms with van der Waals surface area (Å²) in [5, 5.41) is 3.57. The summed E-state index contributed by atoms with van der Waals surface area (Å²) >= 11 is 0. The van der Waals surface area contributed by atoms with Crippen LogP contribution >= 0.6 is 0 Å². The standard InChI is InChI=1S/C18H32N5O/c1-16(2)24-13-5-8-22-11-12-23(18(22)4)14-17(3)20-7-10-21-9-6-19-15-21/h6,9,11-12,15-17,20H,5,7-8,10,13-14H2,1-4H3/q+1. The molecule has 134 valence electrons. The molecule has 2 aromatic heterocycles. The zero-order valence-corrected chi connectivity index (χ0v) is 15.5. The van der Waals surface area contributed by atoms with Gasteiger partial charge in [0.15, 0.2) is 0 Å². The predicted octanol–water partition coefficient (Wildman–Crippen LogP) is 1.77. The van der Waals surface area contributed by atoms with Crippen molar-refractivity contribution < 1.29 is 9.30 Å². The minimum absolute atomic E-state index is 0.315. The van der Waals surface area contributed by atoms with Crippen LogP contribution in [0.2, 0.25) is 0 Å². The second kappa shape index (κ2) is 9.59. The summed E-state index contributed by atoms with van der Waals surface area (Å²) < 4.78 is 12.3. The van der Waals surface area contributed by atoms with Gasteiger partial charge in [-0.05, 0) is 20.8 Å². The van der Waals surface area contributed by atoms with E-state index in [-0.39, 0.29) is 0 Å². The molecule has 6 nitrogen and oxygen atoms in total. The third-order valence-corrected chi connectivity index (χ3v) is 4.14. The van der Waals surface area contributed by atoms with Gasteiger partial charge in [0.25, 0.3) is 5.82 Å². The van der Waals surface area contributed by atoms with Crippen LogP contribution in [0.15, 0.2) is 31.1 Å². The number of nitrogens with one attached hydrogen (secondary N) is 1. The molecule has 0 fully saturated rings. The average molecular weight is 334 g/mol. The van der Waals surface area contributed by atoms with Crippen LogP contribution < -0.4 is 9.88 Å². The highest BCUT2D eigenvalue weighted by Gasteiger charge is 2.14. The molecule has 0 aromatic carbocycles. The summed E-state index contributed by atoms with van der Waals surface area (Å²) in [4.78, 5) is 4.06. The molecule has 0 bridgehead atoms. The molecule has 0 spiro atoms. The maximum absolute atomic E-state index is 5.61. The lowest BCUT2D eigenvalue weighted by molar-refractivity contribution is -0.704. The Kier molecular flexibility index (Phi) is 7.46. The molecule has 1 N–H and O–H groups in total. The van der Waals surface area contributed by atoms with E-state index < -0.39 is 0 Å². The van der Waals surface area contributed by atoms with E-state index in [1.165, 1.54) is 5.82 Å². The summed E-state index contributed by atoms with van der Waals surface area (Å²) in [5.74, 6) is 1.29. The van der Waals surface area contributed by atoms with Crippen LogP contribution in [0.3, 0.4) is 0 Å². The van der Waals surface area contributed by atoms with Crippen molar-refractivity contribution >= 4 is 0 Å². The second-order valence-corrected chi connectivity index (χ2v) is 6.62. The van der Waals surface area contributed by atoms with Crippen LogP contribution in [-0.4, -0.2) is 39.4 Å². The SMILES string of the molecule is Cc1n(CCCOC(C)C)cc[n+]1CC(C)NCCn1ccnc1. The maximum atomic E-state index is 5.61. The first-order valence-corrected chi connectivity index (χ1v) is 8.92. The summed E-state index contributed by atoms with van der Waals surface area (Å²) in [6.45, 7) is 13.3. The van der Waals surface area contributed by atoms with Crippen molar-refractivity contribution in [3.63, 3.8) is 0 Å². The van der Waals surface area contributed by atoms with E-state index in [1.807, 2.05) is 18.7 Å². The number of aryl methyl sites for hydroxylation is 1. The average Bonchev–Trinajstić information content (AvgIpc) is 3.16. The molecular weight excluding hydrogens is 302 g/mol. The number of rotatable bonds is 11. The Morgan fingerprint density at radius 2 is 2.08 bits per heavy atom. The van der Waals surface area contributed by atoms with E-state index >= 15 is 0 Å². The minimum Gasteiger partial charge on any atom is -0.379 e. The molecule has 24 heavy (non-hydrogen) atoms. The Morgan fingerprint density at radius 1 is 1.25 bits per heavy atom. The largest absolute Gasteiger partial charge is 0.379 e. The van der Waals surface area contributed by atoms with Crippen molar-refractivity contribution in [2.45, 2.75) is 65.9 Å². The fourth-order valence-electron chi connectivity index (χ4n) is 2.74. The first-order chi connectivity index (χ1) is 11.6. The lowest BCUT2D eigenvalue weighted by Crippen LogP contribution is -2.46. The van der Waals surface area contributed by atoms with Gasteiger partial charge in [0.05, 0.1) is 25.6 Å². The zero-order valence-electron chi connectivity index (χ0n) is 15.5. The third-order valence-electron chi connectivity index (χ3n) is 4.14. The predicted molar refractivity (Wildman–Crippen MR) is 94.8 cm³/mol. The molecule has 2 heterocycles. The number of ether oxygens (including phenoxy) is 1. The van der Waals surface area contributed by atoms with Gasteiger partial charge in [-0.2, -0.15) is 0 Å². The Morgan fingerprint density at radius 3 is 2.79 bits per heavy atom. The molecule has 0 aliphatic heterocycles. The van der Waals surface area contributed by atoms with Gasteiger partial charge in [0, 0.05) is 44.9 Å². The van der Waals surface area contributed by atoms with Gasteiger partial charge >= 0.3 is 0 Å². The second-order valence-electron chi connectivity index (χ2n) is 6.62. The number of hydrogen-bond acceptors (Lipinski definition) is 3. The zero-order chi connectivity index (χ0) is 17.4. The Labute approximate surface area is 145 Å². The molecule has 2 rings (SSSR count). The lowest BCUT2D eigenvalue weighted by atomic mass is 10.3. The summed E-state index contributed by atoms with van der Waals surface area (Å²) in [6.07, 6.45) is 11.4. The van der Waals surface area contributed by atoms with Crippen molar-refractivity contribution in [3.8, 4) is 0 Å². The summed E-state index contributed by atoms with van der Waals surface area (Å²) in [5.41, 5.74) is 0. The Bertz CT molecular complexity index is 576. The molecule has 6 heteroatoms. The van der Waals surface area contributed by atoms with Crippen molar-refractivity contribution in [1.29, 1.82) is 0 Å². The quantitative estimate of drug-likeness (QED) is 0.503. The molecule has 0 radical (unpaired) electrons. The molecule has 1 unspecified atom stereocenters. The normalized spacial score (nSPS) is 12.9. The summed E-state index contributed by atoms with van der Waals surface area (Å²) in [6, 6.07) is 0.428. The monoisotopic (exact) mass is 334 g/mol. The van der Waals surface area contributed by atoms with Crippen LogP contribution in [0.1, 0.15) is 33.0 Å². The van der Waals surface area contributed by atoms with Crippen molar-refractivity contribution in [3.05, 3.63) is 36.9 Å². The smallest absolute Gasteiger partial charge is 0.253 e. The van der Waals surface area contributed by atoms with Crippen LogP contribution in [0.25, 0.3) is 0 Å². The van der Waals surface area contributed by atoms with Gasteiger partial charge < -0.3 is 14.6 Å². The van der Waals surface area contributed by atoms with E-state index in [0.717, 1.165) is 39.2 Å². The fraction of sp³-hybridized carbons (Fsp3) is 0.667. The molecule has 1 atom stereocenters. The molecule has 0 amide bonds. The van der Waals surface area contributed by atoms with Crippen molar-refractivity contribution in [2.24, 2.45) is 0 Å². The van der Waals surface area contributed by atoms with Gasteiger partial charge in [-0.25, -0.2) is 14.1 Å². The molecular formula is C18H32N5O+. The van der Waals surface area contributed by atoms with Gasteiger partial charge in [-0.3, -0.25) is 0 Å². The van der Waals surface area contributed by atoms with Crippen LogP contribution in [0, 0.1) is 6.92 Å². The lowest BCUT2D eigenvalue weighted by Gasteiger charge is -2.12. The topological polar surface area (TPSA) is 47.9 Å². The van der Waals surface area contributed by atoms with E-state index in [1.54, 1.807) is 0 Å². The van der Waals surface area contributed by atoms with Gasteiger partial charge in [0.1, 0.15) is 18.9 Å². The van der Waals surface area contributed by atoms with Crippen LogP contribution in [0.5, 0.6) is 0 Å². The first kappa shape index (κ1) is 18.7. The van der Waals surface area contributed by atoms with Gasteiger partial charge in [-0.15, -0.1) is 0 Å². The fourth-order valence-corrected chi connectivity index (χ4v) is 2.74. The maximum Gasteiger partial charge on any atom is 0.253 e. The van der Waals surface area contributed by atoms with E-state index in [0.29, 0.717) is 12.1 Å². The van der Waals surface area contributed by atoms with E-state index in [9.17, 15) is 0 Å². The van der Waals surface area contributed by atoms with Crippen molar-refractivity contribution in [1.82, 2.24) is 19.4 Å². The third kappa shape index (κ3) is 6.09. The molecule has 0 aliphatic rings. The number of aromatic nitrogens is 4. The Hall–Kier alpha value is -1.66.